The maximum atomic E-state index is 12.3. The normalized spacial score (nSPS) is 12.0. The molecule has 0 bridgehead atoms. The van der Waals surface area contributed by atoms with Crippen LogP contribution in [-0.4, -0.2) is 46.7 Å². The third-order valence-electron chi connectivity index (χ3n) is 4.04. The van der Waals surface area contributed by atoms with Crippen LogP contribution in [0.1, 0.15) is 28.4 Å². The number of carbonyl (C=O) groups excluding carboxylic acids is 3. The first-order chi connectivity index (χ1) is 14.3. The fraction of sp³-hybridized carbons (Fsp3) is 0.190. The Morgan fingerprint density at radius 3 is 2.33 bits per heavy atom. The maximum Gasteiger partial charge on any atom is 0.268 e. The van der Waals surface area contributed by atoms with Crippen LogP contribution in [-0.2, 0) is 9.59 Å². The van der Waals surface area contributed by atoms with Crippen molar-refractivity contribution in [3.8, 4) is 11.8 Å². The highest BCUT2D eigenvalue weighted by Crippen LogP contribution is 2.14. The maximum absolute atomic E-state index is 12.3. The lowest BCUT2D eigenvalue weighted by molar-refractivity contribution is -0.133. The zero-order valence-corrected chi connectivity index (χ0v) is 16.2. The minimum absolute atomic E-state index is 0.138. The number of aliphatic hydroxyl groups excluding tert-OH is 1. The molecule has 0 aromatic heterocycles. The molecule has 0 heterocycles. The van der Waals surface area contributed by atoms with Gasteiger partial charge in [-0.25, -0.2) is 5.48 Å². The Labute approximate surface area is 173 Å². The monoisotopic (exact) mass is 410 g/mol. The molecule has 0 aliphatic carbocycles. The van der Waals surface area contributed by atoms with Gasteiger partial charge in [-0.2, -0.15) is 0 Å². The first-order valence-corrected chi connectivity index (χ1v) is 8.99. The molecule has 2 aromatic carbocycles. The number of aliphatic hydroxyl groups is 1. The molecule has 3 amide bonds. The minimum Gasteiger partial charge on any atom is -0.391 e. The molecule has 0 spiro atoms. The number of hydroxylamine groups is 1. The summed E-state index contributed by atoms with van der Waals surface area (Å²) in [5.74, 6) is 4.04. The predicted octanol–water partition coefficient (Wildman–Crippen LogP) is -0.0318. The van der Waals surface area contributed by atoms with Crippen molar-refractivity contribution >= 4 is 23.4 Å². The number of nitrogens with two attached hydrogens (primary N) is 1. The van der Waals surface area contributed by atoms with Crippen LogP contribution < -0.4 is 21.8 Å². The number of amides is 3. The van der Waals surface area contributed by atoms with Crippen molar-refractivity contribution in [1.29, 1.82) is 0 Å². The number of para-hydroxylation sites is 1. The van der Waals surface area contributed by atoms with Crippen molar-refractivity contribution in [2.75, 3.05) is 11.9 Å². The summed E-state index contributed by atoms with van der Waals surface area (Å²) in [5, 5.41) is 23.3. The SMILES string of the molecule is C[C@H](O)[C@H](NC(=O)c1ccc(C#Cc2ccccc2NC(=O)CN)cc1)C(=O)NO. The number of rotatable bonds is 6. The standard InChI is InChI=1S/C21H22N4O5/c1-13(26)19(21(29)25-30)24-20(28)16-10-7-14(8-11-16)6-9-15-4-2-3-5-17(15)23-18(27)12-22/h2-5,7-8,10-11,13,19,26,30H,12,22H2,1H3,(H,23,27)(H,24,28)(H,25,29)/t13-,19-/m0/s1. The molecule has 0 aliphatic rings. The summed E-state index contributed by atoms with van der Waals surface area (Å²) >= 11 is 0. The quantitative estimate of drug-likeness (QED) is 0.223. The van der Waals surface area contributed by atoms with E-state index in [4.69, 9.17) is 10.9 Å². The highest BCUT2D eigenvalue weighted by atomic mass is 16.5. The van der Waals surface area contributed by atoms with E-state index in [1.165, 1.54) is 24.5 Å². The zero-order chi connectivity index (χ0) is 22.1. The Kier molecular flexibility index (Phi) is 8.08. The molecule has 0 radical (unpaired) electrons. The summed E-state index contributed by atoms with van der Waals surface area (Å²) in [5.41, 5.74) is 8.73. The van der Waals surface area contributed by atoms with Crippen LogP contribution >= 0.6 is 0 Å². The topological polar surface area (TPSA) is 154 Å². The van der Waals surface area contributed by atoms with Gasteiger partial charge in [0.15, 0.2) is 0 Å². The summed E-state index contributed by atoms with van der Waals surface area (Å²) in [4.78, 5) is 35.3. The second kappa shape index (κ2) is 10.7. The summed E-state index contributed by atoms with van der Waals surface area (Å²) in [6.45, 7) is 1.17. The van der Waals surface area contributed by atoms with E-state index in [1.54, 1.807) is 36.4 Å². The van der Waals surface area contributed by atoms with Crippen molar-refractivity contribution < 1.29 is 24.7 Å². The van der Waals surface area contributed by atoms with Crippen LogP contribution in [0.15, 0.2) is 48.5 Å². The third kappa shape index (κ3) is 6.15. The molecule has 0 unspecified atom stereocenters. The molecule has 30 heavy (non-hydrogen) atoms. The molecule has 0 saturated heterocycles. The number of nitrogens with one attached hydrogen (secondary N) is 3. The van der Waals surface area contributed by atoms with Gasteiger partial charge in [-0.15, -0.1) is 0 Å². The van der Waals surface area contributed by atoms with Crippen LogP contribution in [0, 0.1) is 11.8 Å². The molecule has 0 aliphatic heterocycles. The fourth-order valence-electron chi connectivity index (χ4n) is 2.45. The van der Waals surface area contributed by atoms with E-state index in [0.29, 0.717) is 16.8 Å². The third-order valence-corrected chi connectivity index (χ3v) is 4.04. The van der Waals surface area contributed by atoms with E-state index in [0.717, 1.165) is 0 Å². The lowest BCUT2D eigenvalue weighted by Gasteiger charge is -2.19. The van der Waals surface area contributed by atoms with E-state index in [1.807, 2.05) is 0 Å². The molecule has 2 rings (SSSR count). The Bertz CT molecular complexity index is 977. The first-order valence-electron chi connectivity index (χ1n) is 8.99. The Hall–Kier alpha value is -3.71. The second-order valence-electron chi connectivity index (χ2n) is 6.29. The van der Waals surface area contributed by atoms with E-state index in [2.05, 4.69) is 22.5 Å². The van der Waals surface area contributed by atoms with Crippen LogP contribution in [0.4, 0.5) is 5.69 Å². The molecular weight excluding hydrogens is 388 g/mol. The van der Waals surface area contributed by atoms with Crippen molar-refractivity contribution in [1.82, 2.24) is 10.8 Å². The van der Waals surface area contributed by atoms with Crippen molar-refractivity contribution in [2.24, 2.45) is 5.73 Å². The van der Waals surface area contributed by atoms with Crippen LogP contribution in [0.5, 0.6) is 0 Å². The van der Waals surface area contributed by atoms with Gasteiger partial charge in [0.25, 0.3) is 11.8 Å². The van der Waals surface area contributed by atoms with Gasteiger partial charge < -0.3 is 21.5 Å². The van der Waals surface area contributed by atoms with E-state index in [9.17, 15) is 19.5 Å². The average molecular weight is 410 g/mol. The van der Waals surface area contributed by atoms with Gasteiger partial charge in [0.2, 0.25) is 5.91 Å². The van der Waals surface area contributed by atoms with Gasteiger partial charge in [-0.1, -0.05) is 24.0 Å². The molecule has 9 heteroatoms. The lowest BCUT2D eigenvalue weighted by Crippen LogP contribution is -2.51. The minimum atomic E-state index is -1.30. The van der Waals surface area contributed by atoms with E-state index < -0.39 is 24.0 Å². The van der Waals surface area contributed by atoms with Gasteiger partial charge >= 0.3 is 0 Å². The predicted molar refractivity (Wildman–Crippen MR) is 109 cm³/mol. The molecule has 2 atom stereocenters. The largest absolute Gasteiger partial charge is 0.391 e. The molecule has 2 aromatic rings. The Balaban J connectivity index is 2.14. The highest BCUT2D eigenvalue weighted by molar-refractivity contribution is 5.97. The molecule has 0 fully saturated rings. The zero-order valence-electron chi connectivity index (χ0n) is 16.2. The smallest absolute Gasteiger partial charge is 0.268 e. The molecule has 7 N–H and O–H groups in total. The van der Waals surface area contributed by atoms with Gasteiger partial charge in [0.05, 0.1) is 18.3 Å². The summed E-state index contributed by atoms with van der Waals surface area (Å²) in [7, 11) is 0. The number of hydrogen-bond acceptors (Lipinski definition) is 6. The summed E-state index contributed by atoms with van der Waals surface area (Å²) in [6, 6.07) is 12.0. The molecule has 0 saturated carbocycles. The van der Waals surface area contributed by atoms with Gasteiger partial charge in [-0.3, -0.25) is 19.6 Å². The van der Waals surface area contributed by atoms with Gasteiger partial charge in [0, 0.05) is 16.7 Å². The first kappa shape index (κ1) is 22.6. The van der Waals surface area contributed by atoms with Crippen molar-refractivity contribution in [3.05, 3.63) is 65.2 Å². The lowest BCUT2D eigenvalue weighted by atomic mass is 10.1. The van der Waals surface area contributed by atoms with E-state index in [-0.39, 0.29) is 18.0 Å². The highest BCUT2D eigenvalue weighted by Gasteiger charge is 2.25. The number of anilines is 1. The van der Waals surface area contributed by atoms with Crippen LogP contribution in [0.3, 0.4) is 0 Å². The van der Waals surface area contributed by atoms with Crippen LogP contribution in [0.25, 0.3) is 0 Å². The molecule has 156 valence electrons. The number of carbonyl (C=O) groups is 3. The van der Waals surface area contributed by atoms with E-state index >= 15 is 0 Å². The fourth-order valence-corrected chi connectivity index (χ4v) is 2.45. The van der Waals surface area contributed by atoms with Gasteiger partial charge in [0.1, 0.15) is 6.04 Å². The van der Waals surface area contributed by atoms with Gasteiger partial charge in [-0.05, 0) is 43.3 Å². The molecule has 9 nitrogen and oxygen atoms in total. The second-order valence-corrected chi connectivity index (χ2v) is 6.29. The van der Waals surface area contributed by atoms with Crippen molar-refractivity contribution in [3.63, 3.8) is 0 Å². The number of hydrogen-bond donors (Lipinski definition) is 6. The summed E-state index contributed by atoms with van der Waals surface area (Å²) < 4.78 is 0. The average Bonchev–Trinajstić information content (AvgIpc) is 2.76. The molecular formula is C21H22N4O5. The van der Waals surface area contributed by atoms with Crippen LogP contribution in [0.2, 0.25) is 0 Å². The number of benzene rings is 2. The Morgan fingerprint density at radius 1 is 1.07 bits per heavy atom. The van der Waals surface area contributed by atoms with Crippen molar-refractivity contribution in [2.45, 2.75) is 19.1 Å². The summed E-state index contributed by atoms with van der Waals surface area (Å²) in [6.07, 6.45) is -1.20. The Morgan fingerprint density at radius 2 is 1.73 bits per heavy atom.